The average Bonchev–Trinajstić information content (AvgIpc) is 2.17. The number of anilines is 1. The Morgan fingerprint density at radius 3 is 2.47 bits per heavy atom. The third-order valence-electron chi connectivity index (χ3n) is 1.89. The van der Waals surface area contributed by atoms with Gasteiger partial charge in [0, 0.05) is 11.3 Å². The van der Waals surface area contributed by atoms with Crippen molar-refractivity contribution in [1.29, 1.82) is 0 Å². The lowest BCUT2D eigenvalue weighted by atomic mass is 10.1. The van der Waals surface area contributed by atoms with Crippen molar-refractivity contribution in [2.24, 2.45) is 5.73 Å². The van der Waals surface area contributed by atoms with E-state index in [2.05, 4.69) is 4.74 Å². The van der Waals surface area contributed by atoms with Gasteiger partial charge in [0.1, 0.15) is 11.8 Å². The van der Waals surface area contributed by atoms with Crippen molar-refractivity contribution >= 4 is 11.7 Å². The van der Waals surface area contributed by atoms with Crippen molar-refractivity contribution in [3.05, 3.63) is 23.8 Å². The van der Waals surface area contributed by atoms with E-state index in [4.69, 9.17) is 16.6 Å². The second kappa shape index (κ2) is 4.50. The van der Waals surface area contributed by atoms with Crippen LogP contribution in [0.15, 0.2) is 18.2 Å². The molecule has 0 bridgehead atoms. The average molecular weight is 250 g/mol. The number of hydrogen-bond acceptors (Lipinski definition) is 4. The van der Waals surface area contributed by atoms with Gasteiger partial charge in [-0.05, 0) is 18.2 Å². The number of benzene rings is 1. The molecule has 5 N–H and O–H groups in total. The van der Waals surface area contributed by atoms with E-state index in [1.807, 2.05) is 0 Å². The topological polar surface area (TPSA) is 98.6 Å². The Bertz CT molecular complexity index is 434. The van der Waals surface area contributed by atoms with E-state index in [1.54, 1.807) is 0 Å². The Hall–Kier alpha value is -1.96. The minimum Gasteiger partial charge on any atom is -0.480 e. The molecule has 1 atom stereocenters. The molecule has 0 saturated heterocycles. The predicted octanol–water partition coefficient (Wildman–Crippen LogP) is 1.25. The summed E-state index contributed by atoms with van der Waals surface area (Å²) in [6.45, 7) is 0. The summed E-state index contributed by atoms with van der Waals surface area (Å²) in [6.07, 6.45) is -4.86. The summed E-state index contributed by atoms with van der Waals surface area (Å²) in [5.41, 5.74) is 10.5. The van der Waals surface area contributed by atoms with E-state index in [1.165, 1.54) is 0 Å². The standard InChI is InChI=1S/C9H9F3N2O3/c10-9(11,12)17-4-1-2-6(13)5(3-4)7(14)8(15)16/h1-3,7H,13-14H2,(H,15,16)/t7-/m0/s1. The normalized spacial score (nSPS) is 13.2. The van der Waals surface area contributed by atoms with Gasteiger partial charge >= 0.3 is 12.3 Å². The van der Waals surface area contributed by atoms with Gasteiger partial charge < -0.3 is 21.3 Å². The number of nitrogens with two attached hydrogens (primary N) is 2. The first-order valence-electron chi connectivity index (χ1n) is 4.34. The molecule has 17 heavy (non-hydrogen) atoms. The molecule has 94 valence electrons. The maximum absolute atomic E-state index is 11.9. The van der Waals surface area contributed by atoms with Crippen molar-refractivity contribution in [3.8, 4) is 5.75 Å². The van der Waals surface area contributed by atoms with Crippen molar-refractivity contribution in [1.82, 2.24) is 0 Å². The Kier molecular flexibility index (Phi) is 3.47. The molecule has 0 aliphatic carbocycles. The molecular formula is C9H9F3N2O3. The molecule has 0 unspecified atom stereocenters. The minimum atomic E-state index is -4.86. The van der Waals surface area contributed by atoms with Crippen LogP contribution in [0.5, 0.6) is 5.75 Å². The van der Waals surface area contributed by atoms with E-state index >= 15 is 0 Å². The van der Waals surface area contributed by atoms with Gasteiger partial charge in [-0.2, -0.15) is 0 Å². The second-order valence-electron chi connectivity index (χ2n) is 3.15. The molecule has 0 heterocycles. The molecule has 5 nitrogen and oxygen atoms in total. The minimum absolute atomic E-state index is 0.0191. The van der Waals surface area contributed by atoms with Gasteiger partial charge in [-0.15, -0.1) is 13.2 Å². The lowest BCUT2D eigenvalue weighted by molar-refractivity contribution is -0.274. The number of aliphatic carboxylic acids is 1. The first-order chi connectivity index (χ1) is 7.70. The molecule has 0 aliphatic heterocycles. The highest BCUT2D eigenvalue weighted by Gasteiger charge is 2.31. The third-order valence-corrected chi connectivity index (χ3v) is 1.89. The number of nitrogen functional groups attached to an aromatic ring is 1. The molecule has 0 saturated carbocycles. The van der Waals surface area contributed by atoms with Gasteiger partial charge in [-0.1, -0.05) is 0 Å². The van der Waals surface area contributed by atoms with Crippen LogP contribution in [0.2, 0.25) is 0 Å². The van der Waals surface area contributed by atoms with Crippen molar-refractivity contribution in [2.45, 2.75) is 12.4 Å². The maximum Gasteiger partial charge on any atom is 0.573 e. The highest BCUT2D eigenvalue weighted by molar-refractivity contribution is 5.78. The fraction of sp³-hybridized carbons (Fsp3) is 0.222. The highest BCUT2D eigenvalue weighted by Crippen LogP contribution is 2.28. The lowest BCUT2D eigenvalue weighted by Gasteiger charge is -2.13. The monoisotopic (exact) mass is 250 g/mol. The molecule has 0 fully saturated rings. The van der Waals surface area contributed by atoms with Crippen molar-refractivity contribution in [2.75, 3.05) is 5.73 Å². The Balaban J connectivity index is 3.06. The van der Waals surface area contributed by atoms with Gasteiger partial charge in [0.25, 0.3) is 0 Å². The Labute approximate surface area is 93.8 Å². The fourth-order valence-corrected chi connectivity index (χ4v) is 1.15. The van der Waals surface area contributed by atoms with Crippen LogP contribution in [0.25, 0.3) is 0 Å². The van der Waals surface area contributed by atoms with Gasteiger partial charge in [0.05, 0.1) is 0 Å². The first-order valence-corrected chi connectivity index (χ1v) is 4.34. The van der Waals surface area contributed by atoms with E-state index in [9.17, 15) is 18.0 Å². The lowest BCUT2D eigenvalue weighted by Crippen LogP contribution is -2.22. The molecule has 0 spiro atoms. The number of rotatable bonds is 3. The van der Waals surface area contributed by atoms with Crippen LogP contribution in [0, 0.1) is 0 Å². The molecule has 1 rings (SSSR count). The van der Waals surface area contributed by atoms with Crippen LogP contribution in [0.3, 0.4) is 0 Å². The number of alkyl halides is 3. The van der Waals surface area contributed by atoms with E-state index in [-0.39, 0.29) is 11.3 Å². The summed E-state index contributed by atoms with van der Waals surface area (Å²) in [5.74, 6) is -1.97. The van der Waals surface area contributed by atoms with Crippen LogP contribution in [0.1, 0.15) is 11.6 Å². The van der Waals surface area contributed by atoms with Gasteiger partial charge in [0.15, 0.2) is 0 Å². The van der Waals surface area contributed by atoms with Gasteiger partial charge in [-0.25, -0.2) is 0 Å². The molecule has 8 heteroatoms. The Morgan fingerprint density at radius 2 is 2.00 bits per heavy atom. The molecule has 1 aromatic carbocycles. The number of carboxylic acids is 1. The number of halogens is 3. The fourth-order valence-electron chi connectivity index (χ4n) is 1.15. The largest absolute Gasteiger partial charge is 0.573 e. The predicted molar refractivity (Wildman–Crippen MR) is 52.1 cm³/mol. The van der Waals surface area contributed by atoms with Crippen LogP contribution in [-0.4, -0.2) is 17.4 Å². The van der Waals surface area contributed by atoms with E-state index < -0.39 is 24.1 Å². The molecular weight excluding hydrogens is 241 g/mol. The summed E-state index contributed by atoms with van der Waals surface area (Å²) in [4.78, 5) is 10.6. The SMILES string of the molecule is Nc1ccc(OC(F)(F)F)cc1[C@H](N)C(=O)O. The molecule has 0 radical (unpaired) electrons. The first kappa shape index (κ1) is 13.1. The smallest absolute Gasteiger partial charge is 0.480 e. The van der Waals surface area contributed by atoms with Crippen molar-refractivity contribution < 1.29 is 27.8 Å². The zero-order valence-corrected chi connectivity index (χ0v) is 8.36. The summed E-state index contributed by atoms with van der Waals surface area (Å²) < 4.78 is 39.4. The second-order valence-corrected chi connectivity index (χ2v) is 3.15. The molecule has 1 aromatic rings. The summed E-state index contributed by atoms with van der Waals surface area (Å²) in [5, 5.41) is 8.64. The Morgan fingerprint density at radius 1 is 1.41 bits per heavy atom. The van der Waals surface area contributed by atoms with E-state index in [0.29, 0.717) is 0 Å². The number of hydrogen-bond donors (Lipinski definition) is 3. The van der Waals surface area contributed by atoms with Gasteiger partial charge in [-0.3, -0.25) is 4.79 Å². The molecule has 0 aromatic heterocycles. The summed E-state index contributed by atoms with van der Waals surface area (Å²) in [7, 11) is 0. The summed E-state index contributed by atoms with van der Waals surface area (Å²) in [6, 6.07) is 1.41. The van der Waals surface area contributed by atoms with Crippen LogP contribution < -0.4 is 16.2 Å². The highest BCUT2D eigenvalue weighted by atomic mass is 19.4. The van der Waals surface area contributed by atoms with E-state index in [0.717, 1.165) is 18.2 Å². The zero-order valence-electron chi connectivity index (χ0n) is 8.36. The number of carboxylic acid groups (broad SMARTS) is 1. The zero-order chi connectivity index (χ0) is 13.2. The van der Waals surface area contributed by atoms with Crippen LogP contribution in [0.4, 0.5) is 18.9 Å². The molecule has 0 amide bonds. The van der Waals surface area contributed by atoms with Crippen molar-refractivity contribution in [3.63, 3.8) is 0 Å². The summed E-state index contributed by atoms with van der Waals surface area (Å²) >= 11 is 0. The number of carbonyl (C=O) groups is 1. The van der Waals surface area contributed by atoms with Crippen LogP contribution >= 0.6 is 0 Å². The third kappa shape index (κ3) is 3.52. The molecule has 0 aliphatic rings. The number of ether oxygens (including phenoxy) is 1. The quantitative estimate of drug-likeness (QED) is 0.701. The van der Waals surface area contributed by atoms with Crippen LogP contribution in [-0.2, 0) is 4.79 Å². The maximum atomic E-state index is 11.9. The van der Waals surface area contributed by atoms with Gasteiger partial charge in [0.2, 0.25) is 0 Å².